The van der Waals surface area contributed by atoms with E-state index in [0.29, 0.717) is 17.7 Å². The molecule has 8 heteroatoms. The number of esters is 1. The molecule has 2 N–H and O–H groups in total. The lowest BCUT2D eigenvalue weighted by molar-refractivity contribution is -0.141. The van der Waals surface area contributed by atoms with E-state index in [2.05, 4.69) is 14.8 Å². The number of anilines is 1. The van der Waals surface area contributed by atoms with E-state index in [9.17, 15) is 18.0 Å². The van der Waals surface area contributed by atoms with Gasteiger partial charge in [0.1, 0.15) is 0 Å². The summed E-state index contributed by atoms with van der Waals surface area (Å²) < 4.78 is 29.1. The molecular formula is C14H20N2O5S. The second-order valence-electron chi connectivity index (χ2n) is 4.81. The third-order valence-corrected chi connectivity index (χ3v) is 3.53. The molecule has 0 aliphatic carbocycles. The number of ether oxygens (including phenoxy) is 1. The monoisotopic (exact) mass is 328 g/mol. The Morgan fingerprint density at radius 1 is 1.23 bits per heavy atom. The zero-order valence-electron chi connectivity index (χ0n) is 12.8. The minimum Gasteiger partial charge on any atom is -0.469 e. The molecule has 0 radical (unpaired) electrons. The second-order valence-corrected chi connectivity index (χ2v) is 6.56. The van der Waals surface area contributed by atoms with Crippen LogP contribution in [0.15, 0.2) is 24.3 Å². The van der Waals surface area contributed by atoms with Crippen LogP contribution in [0.5, 0.6) is 0 Å². The highest BCUT2D eigenvalue weighted by Crippen LogP contribution is 2.11. The van der Waals surface area contributed by atoms with Crippen molar-refractivity contribution in [3.63, 3.8) is 0 Å². The van der Waals surface area contributed by atoms with E-state index in [1.807, 2.05) is 6.92 Å². The van der Waals surface area contributed by atoms with Gasteiger partial charge in [0.25, 0.3) is 5.91 Å². The summed E-state index contributed by atoms with van der Waals surface area (Å²) in [7, 11) is -2.06. The van der Waals surface area contributed by atoms with Gasteiger partial charge in [-0.05, 0) is 30.7 Å². The molecule has 0 aliphatic heterocycles. The van der Waals surface area contributed by atoms with Crippen molar-refractivity contribution in [3.8, 4) is 0 Å². The number of sulfonamides is 1. The summed E-state index contributed by atoms with van der Waals surface area (Å²) >= 11 is 0. The molecule has 0 saturated carbocycles. The van der Waals surface area contributed by atoms with E-state index in [4.69, 9.17) is 0 Å². The molecule has 7 nitrogen and oxygen atoms in total. The molecular weight excluding hydrogens is 308 g/mol. The highest BCUT2D eigenvalue weighted by molar-refractivity contribution is 7.92. The van der Waals surface area contributed by atoms with Gasteiger partial charge < -0.3 is 10.1 Å². The summed E-state index contributed by atoms with van der Waals surface area (Å²) in [5.41, 5.74) is 0.753. The smallest absolute Gasteiger partial charge is 0.307 e. The average Bonchev–Trinajstić information content (AvgIpc) is 2.45. The standard InChI is InChI=1S/C14H20N2O5S/c1-4-11(9-13(17)21-2)15-14(18)10-5-7-12(8-6-10)16-22(3,19)20/h5-8,11,16H,4,9H2,1-3H3,(H,15,18). The molecule has 1 rings (SSSR count). The van der Waals surface area contributed by atoms with E-state index in [0.717, 1.165) is 6.26 Å². The van der Waals surface area contributed by atoms with Gasteiger partial charge in [0.05, 0.1) is 19.8 Å². The molecule has 1 aromatic carbocycles. The van der Waals surface area contributed by atoms with E-state index in [1.54, 1.807) is 0 Å². The minimum absolute atomic E-state index is 0.104. The summed E-state index contributed by atoms with van der Waals surface area (Å²) in [5.74, 6) is -0.721. The van der Waals surface area contributed by atoms with Gasteiger partial charge in [-0.1, -0.05) is 6.92 Å². The molecule has 0 spiro atoms. The lowest BCUT2D eigenvalue weighted by atomic mass is 10.1. The predicted molar refractivity (Wildman–Crippen MR) is 83.1 cm³/mol. The molecule has 1 unspecified atom stereocenters. The van der Waals surface area contributed by atoms with Crippen LogP contribution in [0.3, 0.4) is 0 Å². The maximum atomic E-state index is 12.1. The third-order valence-electron chi connectivity index (χ3n) is 2.92. The van der Waals surface area contributed by atoms with E-state index < -0.39 is 10.0 Å². The SMILES string of the molecule is CCC(CC(=O)OC)NC(=O)c1ccc(NS(C)(=O)=O)cc1. The lowest BCUT2D eigenvalue weighted by Crippen LogP contribution is -2.36. The van der Waals surface area contributed by atoms with Crippen LogP contribution in [-0.2, 0) is 19.6 Å². The Labute approximate surface area is 130 Å². The number of nitrogens with one attached hydrogen (secondary N) is 2. The lowest BCUT2D eigenvalue weighted by Gasteiger charge is -2.15. The number of methoxy groups -OCH3 is 1. The van der Waals surface area contributed by atoms with Crippen LogP contribution in [0.25, 0.3) is 0 Å². The molecule has 0 heterocycles. The molecule has 0 saturated heterocycles. The maximum absolute atomic E-state index is 12.1. The van der Waals surface area contributed by atoms with Crippen molar-refractivity contribution in [1.29, 1.82) is 0 Å². The summed E-state index contributed by atoms with van der Waals surface area (Å²) in [4.78, 5) is 23.3. The number of benzene rings is 1. The van der Waals surface area contributed by atoms with Gasteiger partial charge in [0.2, 0.25) is 10.0 Å². The van der Waals surface area contributed by atoms with Crippen molar-refractivity contribution in [2.75, 3.05) is 18.1 Å². The summed E-state index contributed by atoms with van der Waals surface area (Å²) in [6.45, 7) is 1.85. The Balaban J connectivity index is 2.71. The quantitative estimate of drug-likeness (QED) is 0.731. The first kappa shape index (κ1) is 18.0. The zero-order chi connectivity index (χ0) is 16.8. The number of hydrogen-bond donors (Lipinski definition) is 2. The normalized spacial score (nSPS) is 12.3. The number of carbonyl (C=O) groups excluding carboxylic acids is 2. The zero-order valence-corrected chi connectivity index (χ0v) is 13.6. The van der Waals surface area contributed by atoms with Crippen LogP contribution in [0.4, 0.5) is 5.69 Å². The number of hydrogen-bond acceptors (Lipinski definition) is 5. The van der Waals surface area contributed by atoms with Gasteiger partial charge in [0, 0.05) is 17.3 Å². The van der Waals surface area contributed by atoms with E-state index in [-0.39, 0.29) is 24.3 Å². The van der Waals surface area contributed by atoms with Crippen molar-refractivity contribution in [3.05, 3.63) is 29.8 Å². The van der Waals surface area contributed by atoms with Crippen molar-refractivity contribution in [1.82, 2.24) is 5.32 Å². The molecule has 122 valence electrons. The molecule has 0 aliphatic rings. The largest absolute Gasteiger partial charge is 0.469 e. The van der Waals surface area contributed by atoms with Crippen LogP contribution in [-0.4, -0.2) is 39.7 Å². The van der Waals surface area contributed by atoms with Gasteiger partial charge >= 0.3 is 5.97 Å². The third kappa shape index (κ3) is 6.13. The fourth-order valence-corrected chi connectivity index (χ4v) is 2.32. The Bertz CT molecular complexity index is 625. The topological polar surface area (TPSA) is 102 Å². The number of carbonyl (C=O) groups is 2. The molecule has 1 atom stereocenters. The molecule has 0 aromatic heterocycles. The maximum Gasteiger partial charge on any atom is 0.307 e. The molecule has 22 heavy (non-hydrogen) atoms. The van der Waals surface area contributed by atoms with Gasteiger partial charge in [-0.15, -0.1) is 0 Å². The van der Waals surface area contributed by atoms with Crippen LogP contribution in [0.2, 0.25) is 0 Å². The van der Waals surface area contributed by atoms with Crippen LogP contribution in [0.1, 0.15) is 30.1 Å². The van der Waals surface area contributed by atoms with E-state index >= 15 is 0 Å². The van der Waals surface area contributed by atoms with Gasteiger partial charge in [-0.2, -0.15) is 0 Å². The van der Waals surface area contributed by atoms with Crippen LogP contribution in [0, 0.1) is 0 Å². The first-order valence-corrected chi connectivity index (χ1v) is 8.59. The first-order chi connectivity index (χ1) is 10.2. The van der Waals surface area contributed by atoms with Crippen molar-refractivity contribution < 1.29 is 22.7 Å². The van der Waals surface area contributed by atoms with Crippen molar-refractivity contribution >= 4 is 27.6 Å². The first-order valence-electron chi connectivity index (χ1n) is 6.70. The van der Waals surface area contributed by atoms with Crippen molar-refractivity contribution in [2.24, 2.45) is 0 Å². The van der Waals surface area contributed by atoms with Gasteiger partial charge in [-0.3, -0.25) is 14.3 Å². The van der Waals surface area contributed by atoms with Gasteiger partial charge in [-0.25, -0.2) is 8.42 Å². The predicted octanol–water partition coefficient (Wildman–Crippen LogP) is 1.13. The van der Waals surface area contributed by atoms with Crippen LogP contribution < -0.4 is 10.0 Å². The molecule has 1 aromatic rings. The Morgan fingerprint density at radius 2 is 1.82 bits per heavy atom. The summed E-state index contributed by atoms with van der Waals surface area (Å²) in [6, 6.07) is 5.70. The Kier molecular flexibility index (Phi) is 6.36. The average molecular weight is 328 g/mol. The van der Waals surface area contributed by atoms with Gasteiger partial charge in [0.15, 0.2) is 0 Å². The van der Waals surface area contributed by atoms with Crippen LogP contribution >= 0.6 is 0 Å². The second kappa shape index (κ2) is 7.79. The highest BCUT2D eigenvalue weighted by Gasteiger charge is 2.16. The summed E-state index contributed by atoms with van der Waals surface area (Å²) in [5, 5.41) is 2.74. The Hall–Kier alpha value is -2.09. The molecule has 1 amide bonds. The molecule has 0 fully saturated rings. The number of amides is 1. The van der Waals surface area contributed by atoms with E-state index in [1.165, 1.54) is 31.4 Å². The summed E-state index contributed by atoms with van der Waals surface area (Å²) in [6.07, 6.45) is 1.74. The number of rotatable bonds is 7. The highest BCUT2D eigenvalue weighted by atomic mass is 32.2. The Morgan fingerprint density at radius 3 is 2.27 bits per heavy atom. The van der Waals surface area contributed by atoms with Crippen molar-refractivity contribution in [2.45, 2.75) is 25.8 Å². The minimum atomic E-state index is -3.35. The molecule has 0 bridgehead atoms. The fraction of sp³-hybridized carbons (Fsp3) is 0.429. The fourth-order valence-electron chi connectivity index (χ4n) is 1.75.